The Balaban J connectivity index is 1.97. The largest absolute Gasteiger partial charge is 0.469 e. The molecule has 1 saturated heterocycles. The lowest BCUT2D eigenvalue weighted by Gasteiger charge is -2.30. The number of methoxy groups -OCH3 is 1. The lowest BCUT2D eigenvalue weighted by atomic mass is 9.97. The smallest absolute Gasteiger partial charge is 0.308 e. The van der Waals surface area contributed by atoms with E-state index in [1.165, 1.54) is 18.7 Å². The van der Waals surface area contributed by atoms with Crippen LogP contribution in [0, 0.1) is 5.92 Å². The lowest BCUT2D eigenvalue weighted by Crippen LogP contribution is -2.40. The van der Waals surface area contributed by atoms with E-state index in [0.717, 1.165) is 11.3 Å². The molecule has 114 valence electrons. The van der Waals surface area contributed by atoms with Gasteiger partial charge < -0.3 is 9.64 Å². The first-order valence-corrected chi connectivity index (χ1v) is 7.30. The Kier molecular flexibility index (Phi) is 4.92. The van der Waals surface area contributed by atoms with Crippen molar-refractivity contribution in [3.05, 3.63) is 21.9 Å². The fourth-order valence-electron chi connectivity index (χ4n) is 2.27. The van der Waals surface area contributed by atoms with Crippen LogP contribution < -0.4 is 5.48 Å². The number of nitrogens with one attached hydrogen (secondary N) is 1. The first kappa shape index (κ1) is 15.5. The monoisotopic (exact) mass is 312 g/mol. The van der Waals surface area contributed by atoms with Gasteiger partial charge in [-0.15, -0.1) is 11.3 Å². The molecular formula is C13H16N2O5S. The van der Waals surface area contributed by atoms with Crippen LogP contribution in [0.15, 0.2) is 12.1 Å². The molecule has 0 spiro atoms. The van der Waals surface area contributed by atoms with Crippen molar-refractivity contribution in [2.45, 2.75) is 12.8 Å². The predicted molar refractivity (Wildman–Crippen MR) is 74.2 cm³/mol. The molecule has 1 fully saturated rings. The normalized spacial score (nSPS) is 15.6. The standard InChI is InChI=1S/C13H16N2O5S/c1-20-13(18)8-4-6-15(7-5-8)12(17)10-3-2-9(21-10)11(16)14-19/h2-3,8,19H,4-7H2,1H3,(H,14,16). The summed E-state index contributed by atoms with van der Waals surface area (Å²) in [6, 6.07) is 3.05. The van der Waals surface area contributed by atoms with Gasteiger partial charge >= 0.3 is 5.97 Å². The SMILES string of the molecule is COC(=O)C1CCN(C(=O)c2ccc(C(=O)NO)s2)CC1. The maximum absolute atomic E-state index is 12.3. The van der Waals surface area contributed by atoms with Crippen LogP contribution in [-0.4, -0.2) is 48.1 Å². The number of piperidine rings is 1. The number of hydrogen-bond acceptors (Lipinski definition) is 6. The van der Waals surface area contributed by atoms with Gasteiger partial charge in [-0.25, -0.2) is 5.48 Å². The summed E-state index contributed by atoms with van der Waals surface area (Å²) in [6.07, 6.45) is 1.15. The molecule has 2 amide bonds. The Bertz CT molecular complexity index is 549. The van der Waals surface area contributed by atoms with Gasteiger partial charge in [-0.05, 0) is 25.0 Å². The molecule has 2 heterocycles. The molecule has 1 aliphatic heterocycles. The van der Waals surface area contributed by atoms with Crippen molar-refractivity contribution in [3.8, 4) is 0 Å². The number of likely N-dealkylation sites (tertiary alicyclic amines) is 1. The molecule has 0 aliphatic carbocycles. The minimum atomic E-state index is -0.636. The highest BCUT2D eigenvalue weighted by Gasteiger charge is 2.29. The third kappa shape index (κ3) is 3.40. The van der Waals surface area contributed by atoms with Crippen LogP contribution in [0.25, 0.3) is 0 Å². The molecule has 21 heavy (non-hydrogen) atoms. The van der Waals surface area contributed by atoms with Gasteiger partial charge in [-0.3, -0.25) is 19.6 Å². The van der Waals surface area contributed by atoms with Crippen LogP contribution in [0.5, 0.6) is 0 Å². The molecule has 0 radical (unpaired) electrons. The number of esters is 1. The summed E-state index contributed by atoms with van der Waals surface area (Å²) >= 11 is 1.02. The van der Waals surface area contributed by atoms with E-state index in [-0.39, 0.29) is 22.7 Å². The van der Waals surface area contributed by atoms with Gasteiger partial charge in [0.1, 0.15) is 0 Å². The first-order valence-electron chi connectivity index (χ1n) is 6.48. The molecule has 0 saturated carbocycles. The molecule has 0 unspecified atom stereocenters. The van der Waals surface area contributed by atoms with E-state index in [0.29, 0.717) is 30.8 Å². The lowest BCUT2D eigenvalue weighted by molar-refractivity contribution is -0.146. The van der Waals surface area contributed by atoms with Crippen LogP contribution in [0.2, 0.25) is 0 Å². The van der Waals surface area contributed by atoms with Crippen molar-refractivity contribution < 1.29 is 24.3 Å². The minimum Gasteiger partial charge on any atom is -0.469 e. The van der Waals surface area contributed by atoms with Gasteiger partial charge in [0, 0.05) is 13.1 Å². The molecule has 0 bridgehead atoms. The van der Waals surface area contributed by atoms with Gasteiger partial charge in [-0.1, -0.05) is 0 Å². The summed E-state index contributed by atoms with van der Waals surface area (Å²) in [5, 5.41) is 8.56. The van der Waals surface area contributed by atoms with Crippen molar-refractivity contribution in [1.82, 2.24) is 10.4 Å². The number of rotatable bonds is 3. The van der Waals surface area contributed by atoms with Crippen molar-refractivity contribution >= 4 is 29.1 Å². The van der Waals surface area contributed by atoms with Crippen LogP contribution in [0.1, 0.15) is 32.2 Å². The van der Waals surface area contributed by atoms with E-state index < -0.39 is 5.91 Å². The molecule has 2 N–H and O–H groups in total. The quantitative estimate of drug-likeness (QED) is 0.491. The van der Waals surface area contributed by atoms with Gasteiger partial charge in [0.25, 0.3) is 11.8 Å². The Hall–Kier alpha value is -1.93. The van der Waals surface area contributed by atoms with E-state index in [9.17, 15) is 14.4 Å². The number of hydroxylamine groups is 1. The Morgan fingerprint density at radius 3 is 2.48 bits per heavy atom. The van der Waals surface area contributed by atoms with E-state index >= 15 is 0 Å². The van der Waals surface area contributed by atoms with Crippen LogP contribution in [0.4, 0.5) is 0 Å². The van der Waals surface area contributed by atoms with Crippen molar-refractivity contribution in [3.63, 3.8) is 0 Å². The first-order chi connectivity index (χ1) is 10.1. The van der Waals surface area contributed by atoms with Gasteiger partial charge in [0.15, 0.2) is 0 Å². The second-order valence-electron chi connectivity index (χ2n) is 4.69. The number of amides is 2. The molecule has 0 aromatic carbocycles. The average molecular weight is 312 g/mol. The summed E-state index contributed by atoms with van der Waals surface area (Å²) in [5.41, 5.74) is 1.53. The van der Waals surface area contributed by atoms with E-state index in [1.807, 2.05) is 0 Å². The van der Waals surface area contributed by atoms with E-state index in [1.54, 1.807) is 11.0 Å². The van der Waals surface area contributed by atoms with Crippen molar-refractivity contribution in [2.75, 3.05) is 20.2 Å². The second kappa shape index (κ2) is 6.68. The molecule has 1 aromatic rings. The molecular weight excluding hydrogens is 296 g/mol. The van der Waals surface area contributed by atoms with Crippen LogP contribution >= 0.6 is 11.3 Å². The maximum Gasteiger partial charge on any atom is 0.308 e. The fraction of sp³-hybridized carbons (Fsp3) is 0.462. The molecule has 0 atom stereocenters. The highest BCUT2D eigenvalue weighted by molar-refractivity contribution is 7.15. The number of carbonyl (C=O) groups excluding carboxylic acids is 3. The summed E-state index contributed by atoms with van der Waals surface area (Å²) < 4.78 is 4.70. The zero-order valence-corrected chi connectivity index (χ0v) is 12.3. The fourth-order valence-corrected chi connectivity index (χ4v) is 3.13. The zero-order chi connectivity index (χ0) is 15.4. The molecule has 1 aromatic heterocycles. The van der Waals surface area contributed by atoms with Gasteiger partial charge in [0.05, 0.1) is 22.8 Å². The Morgan fingerprint density at radius 2 is 1.90 bits per heavy atom. The Labute approximate surface area is 125 Å². The minimum absolute atomic E-state index is 0.155. The van der Waals surface area contributed by atoms with Gasteiger partial charge in [0.2, 0.25) is 0 Å². The van der Waals surface area contributed by atoms with E-state index in [4.69, 9.17) is 9.94 Å². The third-order valence-corrected chi connectivity index (χ3v) is 4.53. The predicted octanol–water partition coefficient (Wildman–Crippen LogP) is 0.892. The van der Waals surface area contributed by atoms with Crippen molar-refractivity contribution in [1.29, 1.82) is 0 Å². The van der Waals surface area contributed by atoms with Gasteiger partial charge in [-0.2, -0.15) is 0 Å². The number of ether oxygens (including phenoxy) is 1. The zero-order valence-electron chi connectivity index (χ0n) is 11.5. The average Bonchev–Trinajstić information content (AvgIpc) is 3.02. The number of hydrogen-bond donors (Lipinski definition) is 2. The highest BCUT2D eigenvalue weighted by atomic mass is 32.1. The van der Waals surface area contributed by atoms with E-state index in [2.05, 4.69) is 0 Å². The number of nitrogens with zero attached hydrogens (tertiary/aromatic N) is 1. The topological polar surface area (TPSA) is 95.9 Å². The highest BCUT2D eigenvalue weighted by Crippen LogP contribution is 2.23. The molecule has 2 rings (SSSR count). The number of carbonyl (C=O) groups is 3. The third-order valence-electron chi connectivity index (χ3n) is 3.46. The van der Waals surface area contributed by atoms with Crippen LogP contribution in [-0.2, 0) is 9.53 Å². The summed E-state index contributed by atoms with van der Waals surface area (Å²) in [5.74, 6) is -1.19. The summed E-state index contributed by atoms with van der Waals surface area (Å²) in [7, 11) is 1.36. The maximum atomic E-state index is 12.3. The Morgan fingerprint density at radius 1 is 1.29 bits per heavy atom. The van der Waals surface area contributed by atoms with Crippen molar-refractivity contribution in [2.24, 2.45) is 5.92 Å². The molecule has 7 nitrogen and oxygen atoms in total. The summed E-state index contributed by atoms with van der Waals surface area (Å²) in [6.45, 7) is 0.968. The molecule has 8 heteroatoms. The number of thiophene rings is 1. The summed E-state index contributed by atoms with van der Waals surface area (Å²) in [4.78, 5) is 37.3. The van der Waals surface area contributed by atoms with Crippen LogP contribution in [0.3, 0.4) is 0 Å². The molecule has 1 aliphatic rings. The second-order valence-corrected chi connectivity index (χ2v) is 5.78.